The van der Waals surface area contributed by atoms with Gasteiger partial charge in [-0.15, -0.1) is 0 Å². The largest absolute Gasteiger partial charge is 0.439 e. The van der Waals surface area contributed by atoms with Crippen LogP contribution in [0.4, 0.5) is 18.0 Å². The quantitative estimate of drug-likeness (QED) is 0.816. The third-order valence-corrected chi connectivity index (χ3v) is 4.36. The highest BCUT2D eigenvalue weighted by Gasteiger charge is 2.40. The zero-order chi connectivity index (χ0) is 18.2. The molecule has 1 aromatic rings. The van der Waals surface area contributed by atoms with Crippen molar-refractivity contribution in [3.63, 3.8) is 0 Å². The molecular weight excluding hydrogens is 341 g/mol. The second-order valence-corrected chi connectivity index (χ2v) is 5.89. The fraction of sp³-hybridized carbons (Fsp3) is 0.438. The Morgan fingerprint density at radius 3 is 2.32 bits per heavy atom. The van der Waals surface area contributed by atoms with Crippen LogP contribution in [0.5, 0.6) is 0 Å². The van der Waals surface area contributed by atoms with Crippen LogP contribution in [0.2, 0.25) is 0 Å². The van der Waals surface area contributed by atoms with Crippen molar-refractivity contribution in [1.29, 1.82) is 0 Å². The van der Waals surface area contributed by atoms with E-state index in [0.29, 0.717) is 12.8 Å². The number of cyclic esters (lactones) is 1. The second-order valence-electron chi connectivity index (χ2n) is 5.89. The van der Waals surface area contributed by atoms with Crippen LogP contribution in [0, 0.1) is 0 Å². The maximum Gasteiger partial charge on any atom is 0.417 e. The maximum absolute atomic E-state index is 13.1. The first-order valence-corrected chi connectivity index (χ1v) is 7.73. The summed E-state index contributed by atoms with van der Waals surface area (Å²) in [6.45, 7) is 0.0242. The lowest BCUT2D eigenvalue weighted by atomic mass is 10.0. The molecule has 2 saturated heterocycles. The van der Waals surface area contributed by atoms with Gasteiger partial charge in [0.1, 0.15) is 0 Å². The summed E-state index contributed by atoms with van der Waals surface area (Å²) in [7, 11) is 0. The van der Waals surface area contributed by atoms with Crippen LogP contribution in [0.3, 0.4) is 0 Å². The maximum atomic E-state index is 13.1. The summed E-state index contributed by atoms with van der Waals surface area (Å²) >= 11 is 0. The molecule has 0 N–H and O–H groups in total. The van der Waals surface area contributed by atoms with Crippen LogP contribution in [0.15, 0.2) is 24.3 Å². The number of rotatable bonds is 2. The monoisotopic (exact) mass is 356 g/mol. The number of carbonyl (C=O) groups is 3. The Kier molecular flexibility index (Phi) is 4.40. The average Bonchev–Trinajstić information content (AvgIpc) is 2.92. The van der Waals surface area contributed by atoms with E-state index in [1.54, 1.807) is 0 Å². The number of likely N-dealkylation sites (tertiary alicyclic amines) is 1. The van der Waals surface area contributed by atoms with Crippen molar-refractivity contribution in [3.8, 4) is 0 Å². The number of alkyl halides is 3. The molecule has 25 heavy (non-hydrogen) atoms. The number of nitrogens with zero attached hydrogens (tertiary/aromatic N) is 2. The van der Waals surface area contributed by atoms with E-state index in [0.717, 1.165) is 17.0 Å². The van der Waals surface area contributed by atoms with Gasteiger partial charge in [0.25, 0.3) is 11.8 Å². The molecule has 2 aliphatic heterocycles. The molecule has 0 saturated carbocycles. The normalized spacial score (nSPS) is 19.3. The third-order valence-electron chi connectivity index (χ3n) is 4.36. The van der Waals surface area contributed by atoms with Crippen LogP contribution in [-0.4, -0.2) is 53.4 Å². The molecule has 3 amide bonds. The summed E-state index contributed by atoms with van der Waals surface area (Å²) in [6.07, 6.45) is -4.71. The topological polar surface area (TPSA) is 66.9 Å². The third kappa shape index (κ3) is 3.31. The molecular formula is C16H15F3N2O4. The van der Waals surface area contributed by atoms with E-state index in [-0.39, 0.29) is 19.7 Å². The molecule has 0 aromatic heterocycles. The summed E-state index contributed by atoms with van der Waals surface area (Å²) in [5.41, 5.74) is -1.37. The summed E-state index contributed by atoms with van der Waals surface area (Å²) < 4.78 is 43.8. The first kappa shape index (κ1) is 17.2. The van der Waals surface area contributed by atoms with Crippen molar-refractivity contribution < 1.29 is 32.3 Å². The molecule has 2 fully saturated rings. The Labute approximate surface area is 141 Å². The Bertz CT molecular complexity index is 696. The van der Waals surface area contributed by atoms with Gasteiger partial charge in [0.15, 0.2) is 6.61 Å². The minimum atomic E-state index is -4.61. The number of amides is 3. The fourth-order valence-electron chi connectivity index (χ4n) is 3.13. The molecule has 134 valence electrons. The molecule has 3 rings (SSSR count). The van der Waals surface area contributed by atoms with Gasteiger partial charge in [0, 0.05) is 19.1 Å². The highest BCUT2D eigenvalue weighted by Crippen LogP contribution is 2.33. The number of piperidine rings is 1. The van der Waals surface area contributed by atoms with Gasteiger partial charge in [0.05, 0.1) is 11.1 Å². The summed E-state index contributed by atoms with van der Waals surface area (Å²) in [5.74, 6) is -1.14. The van der Waals surface area contributed by atoms with E-state index in [1.165, 1.54) is 17.0 Å². The number of hydrogen-bond donors (Lipinski definition) is 0. The second kappa shape index (κ2) is 6.38. The molecule has 9 heteroatoms. The van der Waals surface area contributed by atoms with Crippen molar-refractivity contribution in [3.05, 3.63) is 35.4 Å². The Morgan fingerprint density at radius 2 is 1.76 bits per heavy atom. The van der Waals surface area contributed by atoms with E-state index in [9.17, 15) is 27.6 Å². The number of benzene rings is 1. The van der Waals surface area contributed by atoms with Crippen LogP contribution in [-0.2, 0) is 15.7 Å². The molecule has 1 aromatic carbocycles. The Morgan fingerprint density at radius 1 is 1.12 bits per heavy atom. The summed E-state index contributed by atoms with van der Waals surface area (Å²) in [6, 6.07) is 4.24. The minimum Gasteiger partial charge on any atom is -0.439 e. The first-order valence-electron chi connectivity index (χ1n) is 7.73. The zero-order valence-corrected chi connectivity index (χ0v) is 13.1. The van der Waals surface area contributed by atoms with E-state index in [4.69, 9.17) is 0 Å². The lowest BCUT2D eigenvalue weighted by molar-refractivity contribution is -0.138. The number of imide groups is 1. The molecule has 6 nitrogen and oxygen atoms in total. The van der Waals surface area contributed by atoms with Crippen molar-refractivity contribution in [1.82, 2.24) is 9.80 Å². The number of carbonyl (C=O) groups excluding carboxylic acids is 3. The standard InChI is InChI=1S/C16H15F3N2O4/c17-16(18,19)12-4-2-1-3-11(12)14(23)20-7-5-10(6-8-20)21-13(22)9-25-15(21)24/h1-4,10H,5-9H2. The van der Waals surface area contributed by atoms with E-state index in [1.807, 2.05) is 0 Å². The van der Waals surface area contributed by atoms with E-state index >= 15 is 0 Å². The van der Waals surface area contributed by atoms with E-state index < -0.39 is 41.3 Å². The molecule has 0 radical (unpaired) electrons. The Hall–Kier alpha value is -2.58. The summed E-state index contributed by atoms with van der Waals surface area (Å²) in [5, 5.41) is 0. The van der Waals surface area contributed by atoms with Crippen LogP contribution in [0.25, 0.3) is 0 Å². The van der Waals surface area contributed by atoms with E-state index in [2.05, 4.69) is 4.74 Å². The van der Waals surface area contributed by atoms with Gasteiger partial charge in [-0.1, -0.05) is 12.1 Å². The molecule has 0 bridgehead atoms. The van der Waals surface area contributed by atoms with Crippen LogP contribution in [0.1, 0.15) is 28.8 Å². The number of ether oxygens (including phenoxy) is 1. The molecule has 2 aliphatic rings. The lowest BCUT2D eigenvalue weighted by Gasteiger charge is -2.35. The van der Waals surface area contributed by atoms with Gasteiger partial charge in [-0.25, -0.2) is 9.69 Å². The first-order chi connectivity index (χ1) is 11.8. The minimum absolute atomic E-state index is 0.159. The van der Waals surface area contributed by atoms with Gasteiger partial charge in [-0.05, 0) is 25.0 Å². The molecule has 2 heterocycles. The Balaban J connectivity index is 1.71. The molecule has 0 atom stereocenters. The van der Waals surface area contributed by atoms with Gasteiger partial charge in [-0.2, -0.15) is 13.2 Å². The average molecular weight is 356 g/mol. The van der Waals surface area contributed by atoms with Gasteiger partial charge >= 0.3 is 12.3 Å². The predicted molar refractivity (Wildman–Crippen MR) is 78.6 cm³/mol. The zero-order valence-electron chi connectivity index (χ0n) is 13.1. The van der Waals surface area contributed by atoms with Crippen molar-refractivity contribution in [2.24, 2.45) is 0 Å². The predicted octanol–water partition coefficient (Wildman–Crippen LogP) is 2.29. The molecule has 0 spiro atoms. The van der Waals surface area contributed by atoms with Crippen molar-refractivity contribution >= 4 is 17.9 Å². The smallest absolute Gasteiger partial charge is 0.417 e. The fourth-order valence-corrected chi connectivity index (χ4v) is 3.13. The van der Waals surface area contributed by atoms with Crippen molar-refractivity contribution in [2.75, 3.05) is 19.7 Å². The number of halogens is 3. The highest BCUT2D eigenvalue weighted by atomic mass is 19.4. The van der Waals surface area contributed by atoms with Gasteiger partial charge in [-0.3, -0.25) is 9.59 Å². The van der Waals surface area contributed by atoms with Crippen LogP contribution >= 0.6 is 0 Å². The van der Waals surface area contributed by atoms with Crippen molar-refractivity contribution in [2.45, 2.75) is 25.1 Å². The lowest BCUT2D eigenvalue weighted by Crippen LogP contribution is -2.48. The molecule has 0 unspecified atom stereocenters. The molecule has 0 aliphatic carbocycles. The van der Waals surface area contributed by atoms with Gasteiger partial charge < -0.3 is 9.64 Å². The van der Waals surface area contributed by atoms with Crippen LogP contribution < -0.4 is 0 Å². The SMILES string of the molecule is O=C(c1ccccc1C(F)(F)F)N1CCC(N2C(=O)COC2=O)CC1. The number of hydrogen-bond acceptors (Lipinski definition) is 4. The van der Waals surface area contributed by atoms with Gasteiger partial charge in [0.2, 0.25) is 0 Å². The summed E-state index contributed by atoms with van der Waals surface area (Å²) in [4.78, 5) is 38.0. The highest BCUT2D eigenvalue weighted by molar-refractivity contribution is 5.98.